The number of carbonyl (C=O) groups is 2. The second-order valence-corrected chi connectivity index (χ2v) is 9.87. The first-order valence-electron chi connectivity index (χ1n) is 11.2. The standard InChI is InChI=1S/C24H31N3O5S/c1-32-21-12-10-19(11-13-21)14-16-25-23(28)24(29)26-17-15-20-7-5-6-18-27(20)33(30,31)22-8-3-2-4-9-22/h2-4,8-13,20H,5-7,14-18H2,1H3,(H,25,28)(H,26,29)/t20-/m1/s1. The highest BCUT2D eigenvalue weighted by molar-refractivity contribution is 7.89. The van der Waals surface area contributed by atoms with E-state index in [0.29, 0.717) is 25.9 Å². The van der Waals surface area contributed by atoms with Crippen molar-refractivity contribution in [3.8, 4) is 5.75 Å². The van der Waals surface area contributed by atoms with Gasteiger partial charge in [0.2, 0.25) is 10.0 Å². The average molecular weight is 474 g/mol. The van der Waals surface area contributed by atoms with Gasteiger partial charge in [0.05, 0.1) is 12.0 Å². The van der Waals surface area contributed by atoms with Crippen molar-refractivity contribution in [3.05, 3.63) is 60.2 Å². The van der Waals surface area contributed by atoms with Gasteiger partial charge in [-0.05, 0) is 55.5 Å². The van der Waals surface area contributed by atoms with Crippen LogP contribution in [-0.4, -0.2) is 57.3 Å². The van der Waals surface area contributed by atoms with Crippen molar-refractivity contribution in [1.29, 1.82) is 0 Å². The summed E-state index contributed by atoms with van der Waals surface area (Å²) in [7, 11) is -1.99. The summed E-state index contributed by atoms with van der Waals surface area (Å²) in [5, 5.41) is 5.23. The van der Waals surface area contributed by atoms with Crippen molar-refractivity contribution in [2.75, 3.05) is 26.7 Å². The van der Waals surface area contributed by atoms with Crippen LogP contribution < -0.4 is 15.4 Å². The Labute approximate surface area is 195 Å². The summed E-state index contributed by atoms with van der Waals surface area (Å²) >= 11 is 0. The van der Waals surface area contributed by atoms with Crippen LogP contribution >= 0.6 is 0 Å². The zero-order valence-electron chi connectivity index (χ0n) is 18.8. The Bertz CT molecular complexity index is 1030. The van der Waals surface area contributed by atoms with E-state index >= 15 is 0 Å². The molecular formula is C24H31N3O5S. The highest BCUT2D eigenvalue weighted by Gasteiger charge is 2.33. The summed E-state index contributed by atoms with van der Waals surface area (Å²) in [6, 6.07) is 15.7. The van der Waals surface area contributed by atoms with Gasteiger partial charge in [-0.3, -0.25) is 9.59 Å². The molecule has 1 fully saturated rings. The third-order valence-electron chi connectivity index (χ3n) is 5.75. The topological polar surface area (TPSA) is 105 Å². The number of amides is 2. The van der Waals surface area contributed by atoms with E-state index in [2.05, 4.69) is 10.6 Å². The molecule has 3 rings (SSSR count). The number of rotatable bonds is 9. The molecule has 0 aromatic heterocycles. The van der Waals surface area contributed by atoms with Gasteiger partial charge in [-0.2, -0.15) is 4.31 Å². The fourth-order valence-electron chi connectivity index (χ4n) is 3.93. The van der Waals surface area contributed by atoms with Crippen LogP contribution in [0, 0.1) is 0 Å². The van der Waals surface area contributed by atoms with Gasteiger partial charge >= 0.3 is 11.8 Å². The molecule has 2 N–H and O–H groups in total. The molecule has 178 valence electrons. The molecule has 0 radical (unpaired) electrons. The van der Waals surface area contributed by atoms with Gasteiger partial charge in [-0.25, -0.2) is 8.42 Å². The molecule has 1 heterocycles. The third kappa shape index (κ3) is 6.79. The molecule has 1 aliphatic heterocycles. The molecule has 0 saturated carbocycles. The van der Waals surface area contributed by atoms with Crippen LogP contribution in [0.5, 0.6) is 5.75 Å². The number of hydrogen-bond donors (Lipinski definition) is 2. The van der Waals surface area contributed by atoms with Crippen molar-refractivity contribution in [1.82, 2.24) is 14.9 Å². The fourth-order valence-corrected chi connectivity index (χ4v) is 5.68. The van der Waals surface area contributed by atoms with Crippen molar-refractivity contribution in [2.24, 2.45) is 0 Å². The lowest BCUT2D eigenvalue weighted by molar-refractivity contribution is -0.139. The molecule has 33 heavy (non-hydrogen) atoms. The maximum Gasteiger partial charge on any atom is 0.309 e. The van der Waals surface area contributed by atoms with E-state index in [0.717, 1.165) is 30.6 Å². The van der Waals surface area contributed by atoms with Crippen LogP contribution in [0.15, 0.2) is 59.5 Å². The highest BCUT2D eigenvalue weighted by Crippen LogP contribution is 2.26. The largest absolute Gasteiger partial charge is 0.497 e. The Hall–Kier alpha value is -2.91. The van der Waals surface area contributed by atoms with E-state index in [-0.39, 0.29) is 17.5 Å². The van der Waals surface area contributed by atoms with E-state index < -0.39 is 21.8 Å². The highest BCUT2D eigenvalue weighted by atomic mass is 32.2. The lowest BCUT2D eigenvalue weighted by atomic mass is 10.0. The Balaban J connectivity index is 1.44. The van der Waals surface area contributed by atoms with Gasteiger partial charge in [0, 0.05) is 25.7 Å². The van der Waals surface area contributed by atoms with Crippen LogP contribution in [0.25, 0.3) is 0 Å². The third-order valence-corrected chi connectivity index (χ3v) is 7.72. The van der Waals surface area contributed by atoms with Gasteiger partial charge in [0.1, 0.15) is 5.75 Å². The number of carbonyl (C=O) groups excluding carboxylic acids is 2. The Morgan fingerprint density at radius 2 is 1.64 bits per heavy atom. The van der Waals surface area contributed by atoms with Crippen LogP contribution in [-0.2, 0) is 26.0 Å². The lowest BCUT2D eigenvalue weighted by Gasteiger charge is -2.34. The number of methoxy groups -OCH3 is 1. The predicted molar refractivity (Wildman–Crippen MR) is 125 cm³/mol. The van der Waals surface area contributed by atoms with Gasteiger partial charge in [-0.1, -0.05) is 36.8 Å². The number of hydrogen-bond acceptors (Lipinski definition) is 5. The fraction of sp³-hybridized carbons (Fsp3) is 0.417. The van der Waals surface area contributed by atoms with E-state index in [1.54, 1.807) is 37.4 Å². The summed E-state index contributed by atoms with van der Waals surface area (Å²) in [4.78, 5) is 24.5. The number of ether oxygens (including phenoxy) is 1. The van der Waals surface area contributed by atoms with Crippen molar-refractivity contribution >= 4 is 21.8 Å². The number of nitrogens with one attached hydrogen (secondary N) is 2. The van der Waals surface area contributed by atoms with Crippen LogP contribution in [0.3, 0.4) is 0 Å². The monoisotopic (exact) mass is 473 g/mol. The summed E-state index contributed by atoms with van der Waals surface area (Å²) in [5.41, 5.74) is 1.02. The molecule has 2 amide bonds. The van der Waals surface area contributed by atoms with Gasteiger partial charge < -0.3 is 15.4 Å². The molecule has 1 aliphatic rings. The first-order chi connectivity index (χ1) is 15.9. The summed E-state index contributed by atoms with van der Waals surface area (Å²) < 4.78 is 32.7. The number of sulfonamides is 1. The molecule has 2 aromatic carbocycles. The molecule has 8 nitrogen and oxygen atoms in total. The first-order valence-corrected chi connectivity index (χ1v) is 12.6. The van der Waals surface area contributed by atoms with Gasteiger partial charge in [0.15, 0.2) is 0 Å². The van der Waals surface area contributed by atoms with E-state index in [4.69, 9.17) is 4.74 Å². The van der Waals surface area contributed by atoms with Crippen LogP contribution in [0.2, 0.25) is 0 Å². The second-order valence-electron chi connectivity index (χ2n) is 7.98. The Morgan fingerprint density at radius 1 is 0.970 bits per heavy atom. The number of nitrogens with zero attached hydrogens (tertiary/aromatic N) is 1. The van der Waals surface area contributed by atoms with Crippen molar-refractivity contribution in [3.63, 3.8) is 0 Å². The van der Waals surface area contributed by atoms with Crippen LogP contribution in [0.1, 0.15) is 31.2 Å². The van der Waals surface area contributed by atoms with Crippen molar-refractivity contribution < 1.29 is 22.7 Å². The molecule has 0 spiro atoms. The molecule has 9 heteroatoms. The number of piperidine rings is 1. The predicted octanol–water partition coefficient (Wildman–Crippen LogP) is 2.10. The Kier molecular flexibility index (Phi) is 8.85. The molecular weight excluding hydrogens is 442 g/mol. The molecule has 0 aliphatic carbocycles. The lowest BCUT2D eigenvalue weighted by Crippen LogP contribution is -2.46. The second kappa shape index (κ2) is 11.8. The maximum absolute atomic E-state index is 13.0. The van der Waals surface area contributed by atoms with Gasteiger partial charge in [-0.15, -0.1) is 0 Å². The minimum absolute atomic E-state index is 0.206. The molecule has 0 unspecified atom stereocenters. The first kappa shape index (κ1) is 24.7. The Morgan fingerprint density at radius 3 is 2.30 bits per heavy atom. The summed E-state index contributed by atoms with van der Waals surface area (Å²) in [6.45, 7) is 1.03. The minimum atomic E-state index is -3.59. The molecule has 1 atom stereocenters. The smallest absolute Gasteiger partial charge is 0.309 e. The minimum Gasteiger partial charge on any atom is -0.497 e. The van der Waals surface area contributed by atoms with Crippen LogP contribution in [0.4, 0.5) is 0 Å². The van der Waals surface area contributed by atoms with E-state index in [1.165, 1.54) is 4.31 Å². The quantitative estimate of drug-likeness (QED) is 0.543. The summed E-state index contributed by atoms with van der Waals surface area (Å²) in [5.74, 6) is -0.644. The average Bonchev–Trinajstić information content (AvgIpc) is 2.85. The van der Waals surface area contributed by atoms with E-state index in [1.807, 2.05) is 24.3 Å². The summed E-state index contributed by atoms with van der Waals surface area (Å²) in [6.07, 6.45) is 3.53. The van der Waals surface area contributed by atoms with Gasteiger partial charge in [0.25, 0.3) is 0 Å². The zero-order chi connectivity index (χ0) is 23.7. The number of benzene rings is 2. The van der Waals surface area contributed by atoms with Crippen molar-refractivity contribution in [2.45, 2.75) is 43.0 Å². The maximum atomic E-state index is 13.0. The molecule has 1 saturated heterocycles. The SMILES string of the molecule is COc1ccc(CCNC(=O)C(=O)NCC[C@H]2CCCCN2S(=O)(=O)c2ccccc2)cc1. The molecule has 0 bridgehead atoms. The zero-order valence-corrected chi connectivity index (χ0v) is 19.6. The molecule has 2 aromatic rings. The van der Waals surface area contributed by atoms with E-state index in [9.17, 15) is 18.0 Å². The normalized spacial score (nSPS) is 16.7.